The van der Waals surface area contributed by atoms with E-state index in [0.717, 1.165) is 29.6 Å². The zero-order chi connectivity index (χ0) is 11.4. The SMILES string of the molecule is C#CC(CCC)Nc1nccc2occc12. The van der Waals surface area contributed by atoms with Gasteiger partial charge in [0.15, 0.2) is 0 Å². The predicted octanol–water partition coefficient (Wildman–Crippen LogP) is 3.04. The molecule has 0 saturated heterocycles. The van der Waals surface area contributed by atoms with Gasteiger partial charge in [0.2, 0.25) is 0 Å². The van der Waals surface area contributed by atoms with E-state index in [1.807, 2.05) is 12.1 Å². The van der Waals surface area contributed by atoms with E-state index in [0.29, 0.717) is 0 Å². The van der Waals surface area contributed by atoms with Crippen molar-refractivity contribution in [1.82, 2.24) is 4.98 Å². The average molecular weight is 214 g/mol. The number of fused-ring (bicyclic) bond motifs is 1. The number of nitrogens with one attached hydrogen (secondary N) is 1. The lowest BCUT2D eigenvalue weighted by Gasteiger charge is -2.12. The molecule has 0 radical (unpaired) electrons. The van der Waals surface area contributed by atoms with E-state index in [1.165, 1.54) is 0 Å². The van der Waals surface area contributed by atoms with Crippen molar-refractivity contribution in [2.45, 2.75) is 25.8 Å². The molecule has 0 fully saturated rings. The molecule has 2 aromatic heterocycles. The predicted molar refractivity (Wildman–Crippen MR) is 65.2 cm³/mol. The Hall–Kier alpha value is -1.95. The molecule has 1 atom stereocenters. The fraction of sp³-hybridized carbons (Fsp3) is 0.308. The minimum Gasteiger partial charge on any atom is -0.464 e. The van der Waals surface area contributed by atoms with Crippen LogP contribution in [-0.2, 0) is 0 Å². The summed E-state index contributed by atoms with van der Waals surface area (Å²) in [6, 6.07) is 3.76. The Morgan fingerprint density at radius 1 is 1.56 bits per heavy atom. The zero-order valence-electron chi connectivity index (χ0n) is 9.23. The van der Waals surface area contributed by atoms with Crippen molar-refractivity contribution >= 4 is 16.8 Å². The molecular weight excluding hydrogens is 200 g/mol. The summed E-state index contributed by atoms with van der Waals surface area (Å²) in [6.07, 6.45) is 10.8. The van der Waals surface area contributed by atoms with Crippen molar-refractivity contribution in [1.29, 1.82) is 0 Å². The summed E-state index contributed by atoms with van der Waals surface area (Å²) in [6.45, 7) is 2.11. The molecule has 0 saturated carbocycles. The number of furan rings is 1. The second-order valence-electron chi connectivity index (χ2n) is 3.64. The van der Waals surface area contributed by atoms with Gasteiger partial charge in [0, 0.05) is 6.20 Å². The first-order valence-electron chi connectivity index (χ1n) is 5.40. The molecule has 0 spiro atoms. The number of aromatic nitrogens is 1. The summed E-state index contributed by atoms with van der Waals surface area (Å²) in [5.41, 5.74) is 0.824. The molecule has 2 heterocycles. The Labute approximate surface area is 94.9 Å². The molecule has 3 heteroatoms. The second-order valence-corrected chi connectivity index (χ2v) is 3.64. The van der Waals surface area contributed by atoms with Gasteiger partial charge in [0.25, 0.3) is 0 Å². The highest BCUT2D eigenvalue weighted by Gasteiger charge is 2.08. The van der Waals surface area contributed by atoms with Crippen LogP contribution in [0.1, 0.15) is 19.8 Å². The van der Waals surface area contributed by atoms with Crippen molar-refractivity contribution < 1.29 is 4.42 Å². The summed E-state index contributed by atoms with van der Waals surface area (Å²) < 4.78 is 5.30. The third-order valence-corrected chi connectivity index (χ3v) is 2.47. The van der Waals surface area contributed by atoms with E-state index in [4.69, 9.17) is 10.8 Å². The van der Waals surface area contributed by atoms with Crippen LogP contribution in [0.15, 0.2) is 29.0 Å². The standard InChI is InChI=1S/C13H14N2O/c1-3-5-10(4-2)15-13-11-7-9-16-12(11)6-8-14-13/h2,6-10H,3,5H2,1H3,(H,14,15). The van der Waals surface area contributed by atoms with Crippen molar-refractivity contribution in [2.24, 2.45) is 0 Å². The molecular formula is C13H14N2O. The number of nitrogens with zero attached hydrogens (tertiary/aromatic N) is 1. The van der Waals surface area contributed by atoms with Crippen molar-refractivity contribution in [3.05, 3.63) is 24.6 Å². The van der Waals surface area contributed by atoms with Gasteiger partial charge in [-0.05, 0) is 18.6 Å². The van der Waals surface area contributed by atoms with Gasteiger partial charge in [-0.15, -0.1) is 6.42 Å². The van der Waals surface area contributed by atoms with E-state index in [2.05, 4.69) is 23.1 Å². The molecule has 0 aliphatic heterocycles. The van der Waals surface area contributed by atoms with Gasteiger partial charge < -0.3 is 9.73 Å². The largest absolute Gasteiger partial charge is 0.464 e. The Bertz CT molecular complexity index is 510. The van der Waals surface area contributed by atoms with Crippen molar-refractivity contribution in [2.75, 3.05) is 5.32 Å². The van der Waals surface area contributed by atoms with E-state index < -0.39 is 0 Å². The number of hydrogen-bond donors (Lipinski definition) is 1. The molecule has 16 heavy (non-hydrogen) atoms. The Morgan fingerprint density at radius 2 is 2.44 bits per heavy atom. The fourth-order valence-corrected chi connectivity index (χ4v) is 1.66. The van der Waals surface area contributed by atoms with Crippen LogP contribution in [0.25, 0.3) is 11.0 Å². The lowest BCUT2D eigenvalue weighted by atomic mass is 10.2. The molecule has 1 unspecified atom stereocenters. The van der Waals surface area contributed by atoms with Crippen LogP contribution in [0.2, 0.25) is 0 Å². The Kier molecular flexibility index (Phi) is 3.11. The highest BCUT2D eigenvalue weighted by Crippen LogP contribution is 2.22. The molecule has 3 nitrogen and oxygen atoms in total. The van der Waals surface area contributed by atoms with Gasteiger partial charge in [-0.2, -0.15) is 0 Å². The molecule has 82 valence electrons. The summed E-state index contributed by atoms with van der Waals surface area (Å²) >= 11 is 0. The van der Waals surface area contributed by atoms with Crippen LogP contribution in [0.5, 0.6) is 0 Å². The van der Waals surface area contributed by atoms with Crippen molar-refractivity contribution in [3.8, 4) is 12.3 Å². The monoisotopic (exact) mass is 214 g/mol. The molecule has 1 N–H and O–H groups in total. The Morgan fingerprint density at radius 3 is 3.19 bits per heavy atom. The quantitative estimate of drug-likeness (QED) is 0.795. The van der Waals surface area contributed by atoms with Crippen molar-refractivity contribution in [3.63, 3.8) is 0 Å². The van der Waals surface area contributed by atoms with E-state index >= 15 is 0 Å². The number of hydrogen-bond acceptors (Lipinski definition) is 3. The highest BCUT2D eigenvalue weighted by atomic mass is 16.3. The van der Waals surface area contributed by atoms with Gasteiger partial charge in [0.05, 0.1) is 17.7 Å². The summed E-state index contributed by atoms with van der Waals surface area (Å²) in [5, 5.41) is 4.22. The minimum absolute atomic E-state index is 0.0259. The summed E-state index contributed by atoms with van der Waals surface area (Å²) in [4.78, 5) is 4.28. The molecule has 0 aliphatic rings. The lowest BCUT2D eigenvalue weighted by molar-refractivity contribution is 0.615. The first kappa shape index (κ1) is 10.6. The van der Waals surface area contributed by atoms with Gasteiger partial charge >= 0.3 is 0 Å². The van der Waals surface area contributed by atoms with Crippen LogP contribution < -0.4 is 5.32 Å². The van der Waals surface area contributed by atoms with Gasteiger partial charge in [0.1, 0.15) is 11.4 Å². The molecule has 0 aliphatic carbocycles. The number of pyridine rings is 1. The van der Waals surface area contributed by atoms with Crippen LogP contribution in [0.4, 0.5) is 5.82 Å². The molecule has 2 aromatic rings. The second kappa shape index (κ2) is 4.71. The topological polar surface area (TPSA) is 38.1 Å². The molecule has 0 bridgehead atoms. The third-order valence-electron chi connectivity index (χ3n) is 2.47. The van der Waals surface area contributed by atoms with Crippen LogP contribution in [0, 0.1) is 12.3 Å². The Balaban J connectivity index is 2.26. The number of anilines is 1. The average Bonchev–Trinajstić information content (AvgIpc) is 2.77. The number of terminal acetylenes is 1. The molecule has 0 amide bonds. The highest BCUT2D eigenvalue weighted by molar-refractivity contribution is 5.88. The normalized spacial score (nSPS) is 12.2. The van der Waals surface area contributed by atoms with Crippen LogP contribution in [0.3, 0.4) is 0 Å². The van der Waals surface area contributed by atoms with Gasteiger partial charge in [-0.3, -0.25) is 0 Å². The maximum atomic E-state index is 5.46. The zero-order valence-corrected chi connectivity index (χ0v) is 9.23. The van der Waals surface area contributed by atoms with Crippen LogP contribution in [-0.4, -0.2) is 11.0 Å². The van der Waals surface area contributed by atoms with E-state index in [1.54, 1.807) is 12.5 Å². The fourth-order valence-electron chi connectivity index (χ4n) is 1.66. The lowest BCUT2D eigenvalue weighted by Crippen LogP contribution is -2.17. The number of rotatable bonds is 4. The van der Waals surface area contributed by atoms with Gasteiger partial charge in [-0.25, -0.2) is 4.98 Å². The summed E-state index contributed by atoms with van der Waals surface area (Å²) in [5.74, 6) is 3.52. The molecule has 0 aromatic carbocycles. The third kappa shape index (κ3) is 2.01. The van der Waals surface area contributed by atoms with Crippen LogP contribution >= 0.6 is 0 Å². The van der Waals surface area contributed by atoms with E-state index in [-0.39, 0.29) is 6.04 Å². The summed E-state index contributed by atoms with van der Waals surface area (Å²) in [7, 11) is 0. The smallest absolute Gasteiger partial charge is 0.139 e. The minimum atomic E-state index is 0.0259. The maximum Gasteiger partial charge on any atom is 0.139 e. The van der Waals surface area contributed by atoms with E-state index in [9.17, 15) is 0 Å². The first-order valence-corrected chi connectivity index (χ1v) is 5.40. The first-order chi connectivity index (χ1) is 7.85. The van der Waals surface area contributed by atoms with Gasteiger partial charge in [-0.1, -0.05) is 19.3 Å². The molecule has 2 rings (SSSR count). The maximum absolute atomic E-state index is 5.46.